The number of carbonyl (C=O) groups is 1. The summed E-state index contributed by atoms with van der Waals surface area (Å²) in [6.45, 7) is 4.75. The first-order chi connectivity index (χ1) is 5.20. The third kappa shape index (κ3) is 5.85. The van der Waals surface area contributed by atoms with E-state index in [0.717, 1.165) is 13.0 Å². The lowest BCUT2D eigenvalue weighted by Crippen LogP contribution is -2.36. The first-order valence-electron chi connectivity index (χ1n) is 4.14. The standard InChI is InChI=1S/C8H18N2O/c1-4-5-8(11)10-6-7(2)9-3/h7,9H,4-6H2,1-3H3,(H,10,11). The summed E-state index contributed by atoms with van der Waals surface area (Å²) >= 11 is 0. The van der Waals surface area contributed by atoms with E-state index in [-0.39, 0.29) is 5.91 Å². The second kappa shape index (κ2) is 6.16. The van der Waals surface area contributed by atoms with Crippen LogP contribution >= 0.6 is 0 Å². The Kier molecular flexibility index (Phi) is 5.84. The zero-order valence-electron chi connectivity index (χ0n) is 7.61. The lowest BCUT2D eigenvalue weighted by molar-refractivity contribution is -0.121. The minimum Gasteiger partial charge on any atom is -0.355 e. The van der Waals surface area contributed by atoms with E-state index in [4.69, 9.17) is 0 Å². The van der Waals surface area contributed by atoms with Crippen LogP contribution in [0.15, 0.2) is 0 Å². The molecule has 0 rings (SSSR count). The lowest BCUT2D eigenvalue weighted by atomic mass is 10.3. The van der Waals surface area contributed by atoms with Crippen LogP contribution in [0, 0.1) is 0 Å². The van der Waals surface area contributed by atoms with Gasteiger partial charge in [0.15, 0.2) is 0 Å². The first-order valence-corrected chi connectivity index (χ1v) is 4.14. The van der Waals surface area contributed by atoms with Crippen LogP contribution in [0.2, 0.25) is 0 Å². The predicted molar refractivity (Wildman–Crippen MR) is 46.4 cm³/mol. The van der Waals surface area contributed by atoms with E-state index in [1.54, 1.807) is 0 Å². The molecule has 11 heavy (non-hydrogen) atoms. The van der Waals surface area contributed by atoms with E-state index in [9.17, 15) is 4.79 Å². The minimum atomic E-state index is 0.148. The van der Waals surface area contributed by atoms with Crippen LogP contribution in [0.3, 0.4) is 0 Å². The number of likely N-dealkylation sites (N-methyl/N-ethyl adjacent to an activating group) is 1. The molecule has 0 aliphatic rings. The van der Waals surface area contributed by atoms with Gasteiger partial charge in [0.2, 0.25) is 5.91 Å². The number of hydrogen-bond acceptors (Lipinski definition) is 2. The third-order valence-electron chi connectivity index (χ3n) is 1.58. The summed E-state index contributed by atoms with van der Waals surface area (Å²) in [7, 11) is 1.89. The predicted octanol–water partition coefficient (Wildman–Crippen LogP) is 0.511. The third-order valence-corrected chi connectivity index (χ3v) is 1.58. The van der Waals surface area contributed by atoms with Gasteiger partial charge < -0.3 is 10.6 Å². The van der Waals surface area contributed by atoms with Gasteiger partial charge in [0.25, 0.3) is 0 Å². The van der Waals surface area contributed by atoms with Crippen molar-refractivity contribution in [2.75, 3.05) is 13.6 Å². The van der Waals surface area contributed by atoms with Crippen LogP contribution < -0.4 is 10.6 Å². The Bertz CT molecular complexity index is 115. The van der Waals surface area contributed by atoms with E-state index in [0.29, 0.717) is 12.5 Å². The molecule has 0 aromatic rings. The van der Waals surface area contributed by atoms with Gasteiger partial charge in [0.1, 0.15) is 0 Å². The molecule has 1 amide bonds. The summed E-state index contributed by atoms with van der Waals surface area (Å²) in [5.74, 6) is 0.148. The Hall–Kier alpha value is -0.570. The highest BCUT2D eigenvalue weighted by molar-refractivity contribution is 5.75. The number of amides is 1. The highest BCUT2D eigenvalue weighted by atomic mass is 16.1. The molecule has 66 valence electrons. The number of hydrogen-bond donors (Lipinski definition) is 2. The highest BCUT2D eigenvalue weighted by Gasteiger charge is 2.00. The molecule has 0 aliphatic heterocycles. The molecule has 0 saturated carbocycles. The summed E-state index contributed by atoms with van der Waals surface area (Å²) in [6, 6.07) is 0.357. The van der Waals surface area contributed by atoms with Crippen molar-refractivity contribution in [1.82, 2.24) is 10.6 Å². The van der Waals surface area contributed by atoms with Crippen LogP contribution in [0.5, 0.6) is 0 Å². The Labute approximate surface area is 68.6 Å². The Morgan fingerprint density at radius 3 is 2.64 bits per heavy atom. The molecular formula is C8H18N2O. The molecule has 0 aromatic carbocycles. The van der Waals surface area contributed by atoms with Gasteiger partial charge in [-0.2, -0.15) is 0 Å². The number of carbonyl (C=O) groups excluding carboxylic acids is 1. The lowest BCUT2D eigenvalue weighted by Gasteiger charge is -2.10. The maximum Gasteiger partial charge on any atom is 0.220 e. The molecule has 2 N–H and O–H groups in total. The molecule has 0 saturated heterocycles. The van der Waals surface area contributed by atoms with Crippen molar-refractivity contribution in [3.63, 3.8) is 0 Å². The average Bonchev–Trinajstić information content (AvgIpc) is 2.01. The normalized spacial score (nSPS) is 12.6. The summed E-state index contributed by atoms with van der Waals surface area (Å²) in [6.07, 6.45) is 1.55. The van der Waals surface area contributed by atoms with Crippen molar-refractivity contribution in [2.24, 2.45) is 0 Å². The molecule has 0 aliphatic carbocycles. The fraction of sp³-hybridized carbons (Fsp3) is 0.875. The van der Waals surface area contributed by atoms with Crippen LogP contribution in [-0.4, -0.2) is 25.5 Å². The minimum absolute atomic E-state index is 0.148. The van der Waals surface area contributed by atoms with Gasteiger partial charge in [0, 0.05) is 19.0 Å². The Morgan fingerprint density at radius 1 is 1.55 bits per heavy atom. The smallest absolute Gasteiger partial charge is 0.220 e. The molecule has 0 aromatic heterocycles. The van der Waals surface area contributed by atoms with Crippen LogP contribution in [0.25, 0.3) is 0 Å². The zero-order chi connectivity index (χ0) is 8.69. The van der Waals surface area contributed by atoms with E-state index in [2.05, 4.69) is 10.6 Å². The van der Waals surface area contributed by atoms with E-state index >= 15 is 0 Å². The van der Waals surface area contributed by atoms with Gasteiger partial charge in [0.05, 0.1) is 0 Å². The topological polar surface area (TPSA) is 41.1 Å². The fourth-order valence-corrected chi connectivity index (χ4v) is 0.684. The second-order valence-corrected chi connectivity index (χ2v) is 2.74. The molecule has 1 atom stereocenters. The van der Waals surface area contributed by atoms with Crippen molar-refractivity contribution < 1.29 is 4.79 Å². The van der Waals surface area contributed by atoms with Crippen molar-refractivity contribution in [1.29, 1.82) is 0 Å². The van der Waals surface area contributed by atoms with Crippen molar-refractivity contribution in [3.05, 3.63) is 0 Å². The van der Waals surface area contributed by atoms with Crippen molar-refractivity contribution >= 4 is 5.91 Å². The summed E-state index contributed by atoms with van der Waals surface area (Å²) in [5.41, 5.74) is 0. The summed E-state index contributed by atoms with van der Waals surface area (Å²) in [4.78, 5) is 10.9. The molecular weight excluding hydrogens is 140 g/mol. The summed E-state index contributed by atoms with van der Waals surface area (Å²) in [5, 5.41) is 5.88. The maximum atomic E-state index is 10.9. The maximum absolute atomic E-state index is 10.9. The highest BCUT2D eigenvalue weighted by Crippen LogP contribution is 1.85. The summed E-state index contributed by atoms with van der Waals surface area (Å²) < 4.78 is 0. The molecule has 0 bridgehead atoms. The van der Waals surface area contributed by atoms with Gasteiger partial charge in [-0.25, -0.2) is 0 Å². The van der Waals surface area contributed by atoms with Gasteiger partial charge >= 0.3 is 0 Å². The zero-order valence-corrected chi connectivity index (χ0v) is 7.61. The Morgan fingerprint density at radius 2 is 2.18 bits per heavy atom. The van der Waals surface area contributed by atoms with Gasteiger partial charge in [-0.15, -0.1) is 0 Å². The molecule has 0 fully saturated rings. The van der Waals surface area contributed by atoms with Crippen LogP contribution in [0.1, 0.15) is 26.7 Å². The number of nitrogens with one attached hydrogen (secondary N) is 2. The van der Waals surface area contributed by atoms with E-state index in [1.807, 2.05) is 20.9 Å². The van der Waals surface area contributed by atoms with Crippen molar-refractivity contribution in [3.8, 4) is 0 Å². The first kappa shape index (κ1) is 10.4. The van der Waals surface area contributed by atoms with E-state index < -0.39 is 0 Å². The molecule has 1 unspecified atom stereocenters. The Balaban J connectivity index is 3.30. The monoisotopic (exact) mass is 158 g/mol. The molecule has 0 spiro atoms. The molecule has 0 heterocycles. The fourth-order valence-electron chi connectivity index (χ4n) is 0.684. The van der Waals surface area contributed by atoms with Crippen molar-refractivity contribution in [2.45, 2.75) is 32.7 Å². The SMILES string of the molecule is CCCC(=O)NCC(C)NC. The van der Waals surface area contributed by atoms with Crippen LogP contribution in [-0.2, 0) is 4.79 Å². The molecule has 3 nitrogen and oxygen atoms in total. The van der Waals surface area contributed by atoms with Gasteiger partial charge in [-0.1, -0.05) is 6.92 Å². The second-order valence-electron chi connectivity index (χ2n) is 2.74. The molecule has 3 heteroatoms. The van der Waals surface area contributed by atoms with Gasteiger partial charge in [-0.3, -0.25) is 4.79 Å². The van der Waals surface area contributed by atoms with Crippen LogP contribution in [0.4, 0.5) is 0 Å². The van der Waals surface area contributed by atoms with E-state index in [1.165, 1.54) is 0 Å². The largest absolute Gasteiger partial charge is 0.355 e. The van der Waals surface area contributed by atoms with Gasteiger partial charge in [-0.05, 0) is 20.4 Å². The number of rotatable bonds is 5. The molecule has 0 radical (unpaired) electrons. The quantitative estimate of drug-likeness (QED) is 0.612. The average molecular weight is 158 g/mol.